The standard InChI is InChI=1S/C25H18BrCl2FN2O3/c1-2-33-23-12-16(9-17(13-30)25(32)31-19-6-4-18(29)5-7-19)10-20(26)24(23)34-14-15-3-8-21(27)22(28)11-15/h3-12H,2,14H2,1H3,(H,31,32)/b17-9-. The van der Waals surface area contributed by atoms with Crippen molar-refractivity contribution < 1.29 is 18.7 Å². The molecular weight excluding hydrogens is 546 g/mol. The summed E-state index contributed by atoms with van der Waals surface area (Å²) in [6.45, 7) is 2.42. The fraction of sp³-hybridized carbons (Fsp3) is 0.120. The lowest BCUT2D eigenvalue weighted by Gasteiger charge is -2.15. The summed E-state index contributed by atoms with van der Waals surface area (Å²) < 4.78 is 25.3. The number of amides is 1. The average molecular weight is 564 g/mol. The maximum atomic E-state index is 13.1. The molecule has 0 saturated heterocycles. The van der Waals surface area contributed by atoms with E-state index in [2.05, 4.69) is 21.2 Å². The summed E-state index contributed by atoms with van der Waals surface area (Å²) in [6, 6.07) is 15.7. The number of carbonyl (C=O) groups excluding carboxylic acids is 1. The third-order valence-corrected chi connectivity index (χ3v) is 5.81. The van der Waals surface area contributed by atoms with Crippen molar-refractivity contribution in [2.75, 3.05) is 11.9 Å². The SMILES string of the molecule is CCOc1cc(/C=C(/C#N)C(=O)Nc2ccc(F)cc2)cc(Br)c1OCc1ccc(Cl)c(Cl)c1. The van der Waals surface area contributed by atoms with Gasteiger partial charge in [0.15, 0.2) is 11.5 Å². The van der Waals surface area contributed by atoms with Gasteiger partial charge in [-0.15, -0.1) is 0 Å². The van der Waals surface area contributed by atoms with Gasteiger partial charge in [0.1, 0.15) is 24.1 Å². The van der Waals surface area contributed by atoms with Gasteiger partial charge in [0.2, 0.25) is 0 Å². The van der Waals surface area contributed by atoms with Crippen molar-refractivity contribution in [3.8, 4) is 17.6 Å². The average Bonchev–Trinajstić information content (AvgIpc) is 2.80. The molecule has 34 heavy (non-hydrogen) atoms. The van der Waals surface area contributed by atoms with E-state index in [9.17, 15) is 14.4 Å². The maximum absolute atomic E-state index is 13.1. The van der Waals surface area contributed by atoms with E-state index in [0.29, 0.717) is 43.9 Å². The van der Waals surface area contributed by atoms with Crippen LogP contribution in [0.5, 0.6) is 11.5 Å². The number of nitrogens with one attached hydrogen (secondary N) is 1. The first-order valence-corrected chi connectivity index (χ1v) is 11.6. The van der Waals surface area contributed by atoms with E-state index in [4.69, 9.17) is 32.7 Å². The molecule has 0 saturated carbocycles. The highest BCUT2D eigenvalue weighted by molar-refractivity contribution is 9.10. The predicted octanol–water partition coefficient (Wildman–Crippen LogP) is 7.42. The molecule has 0 atom stereocenters. The first-order valence-electron chi connectivity index (χ1n) is 10.0. The topological polar surface area (TPSA) is 71.3 Å². The number of hydrogen-bond donors (Lipinski definition) is 1. The smallest absolute Gasteiger partial charge is 0.266 e. The Bertz CT molecular complexity index is 1270. The molecular formula is C25H18BrCl2FN2O3. The van der Waals surface area contributed by atoms with E-state index >= 15 is 0 Å². The van der Waals surface area contributed by atoms with Gasteiger partial charge in [0.05, 0.1) is 21.1 Å². The van der Waals surface area contributed by atoms with Gasteiger partial charge in [0.25, 0.3) is 5.91 Å². The van der Waals surface area contributed by atoms with Crippen LogP contribution in [0, 0.1) is 17.1 Å². The highest BCUT2D eigenvalue weighted by Gasteiger charge is 2.15. The molecule has 0 radical (unpaired) electrons. The molecule has 174 valence electrons. The lowest BCUT2D eigenvalue weighted by molar-refractivity contribution is -0.112. The molecule has 5 nitrogen and oxygen atoms in total. The Morgan fingerprint density at radius 2 is 1.85 bits per heavy atom. The summed E-state index contributed by atoms with van der Waals surface area (Å²) in [5.41, 5.74) is 1.60. The monoisotopic (exact) mass is 562 g/mol. The Morgan fingerprint density at radius 3 is 2.50 bits per heavy atom. The molecule has 1 N–H and O–H groups in total. The van der Waals surface area contributed by atoms with Crippen LogP contribution in [-0.2, 0) is 11.4 Å². The van der Waals surface area contributed by atoms with Crippen molar-refractivity contribution in [1.29, 1.82) is 5.26 Å². The van der Waals surface area contributed by atoms with Crippen molar-refractivity contribution in [1.82, 2.24) is 0 Å². The molecule has 3 aromatic rings. The summed E-state index contributed by atoms with van der Waals surface area (Å²) in [5.74, 6) is -0.161. The second-order valence-corrected chi connectivity index (χ2v) is 8.60. The third kappa shape index (κ3) is 6.73. The van der Waals surface area contributed by atoms with Gasteiger partial charge in [-0.1, -0.05) is 29.3 Å². The van der Waals surface area contributed by atoms with Gasteiger partial charge < -0.3 is 14.8 Å². The van der Waals surface area contributed by atoms with Gasteiger partial charge >= 0.3 is 0 Å². The summed E-state index contributed by atoms with van der Waals surface area (Å²) >= 11 is 15.5. The van der Waals surface area contributed by atoms with Crippen LogP contribution in [0.3, 0.4) is 0 Å². The second-order valence-electron chi connectivity index (χ2n) is 6.93. The van der Waals surface area contributed by atoms with E-state index in [-0.39, 0.29) is 12.2 Å². The van der Waals surface area contributed by atoms with E-state index in [1.165, 1.54) is 30.3 Å². The van der Waals surface area contributed by atoms with Crippen molar-refractivity contribution in [2.24, 2.45) is 0 Å². The first kappa shape index (κ1) is 25.6. The van der Waals surface area contributed by atoms with Crippen LogP contribution in [0.25, 0.3) is 6.08 Å². The minimum atomic E-state index is -0.622. The zero-order valence-corrected chi connectivity index (χ0v) is 21.0. The second kappa shape index (κ2) is 11.9. The van der Waals surface area contributed by atoms with Crippen molar-refractivity contribution in [3.63, 3.8) is 0 Å². The van der Waals surface area contributed by atoms with Gasteiger partial charge in [-0.05, 0) is 88.6 Å². The van der Waals surface area contributed by atoms with Gasteiger partial charge in [-0.3, -0.25) is 4.79 Å². The molecule has 0 fully saturated rings. The molecule has 0 heterocycles. The van der Waals surface area contributed by atoms with Crippen LogP contribution >= 0.6 is 39.1 Å². The van der Waals surface area contributed by atoms with Crippen LogP contribution in [0.2, 0.25) is 10.0 Å². The van der Waals surface area contributed by atoms with E-state index in [0.717, 1.165) is 5.56 Å². The molecule has 3 rings (SSSR count). The summed E-state index contributed by atoms with van der Waals surface area (Å²) in [4.78, 5) is 12.5. The molecule has 0 bridgehead atoms. The lowest BCUT2D eigenvalue weighted by atomic mass is 10.1. The number of anilines is 1. The quantitative estimate of drug-likeness (QED) is 0.229. The van der Waals surface area contributed by atoms with Gasteiger partial charge in [-0.25, -0.2) is 4.39 Å². The summed E-state index contributed by atoms with van der Waals surface area (Å²) in [5, 5.41) is 12.9. The first-order chi connectivity index (χ1) is 16.3. The van der Waals surface area contributed by atoms with E-state index in [1.807, 2.05) is 13.0 Å². The number of ether oxygens (including phenoxy) is 2. The Labute approximate surface area is 214 Å². The van der Waals surface area contributed by atoms with Crippen molar-refractivity contribution in [3.05, 3.63) is 91.6 Å². The zero-order chi connectivity index (χ0) is 24.7. The number of nitriles is 1. The Kier molecular flexibility index (Phi) is 8.94. The Balaban J connectivity index is 1.84. The van der Waals surface area contributed by atoms with Crippen LogP contribution in [-0.4, -0.2) is 12.5 Å². The number of benzene rings is 3. The molecule has 0 aliphatic heterocycles. The lowest BCUT2D eigenvalue weighted by Crippen LogP contribution is -2.13. The molecule has 0 unspecified atom stereocenters. The summed E-state index contributed by atoms with van der Waals surface area (Å²) in [7, 11) is 0. The van der Waals surface area contributed by atoms with Crippen molar-refractivity contribution >= 4 is 56.8 Å². The Morgan fingerprint density at radius 1 is 1.12 bits per heavy atom. The molecule has 0 aliphatic carbocycles. The molecule has 3 aromatic carbocycles. The molecule has 9 heteroatoms. The van der Waals surface area contributed by atoms with Crippen LogP contribution in [0.4, 0.5) is 10.1 Å². The van der Waals surface area contributed by atoms with Crippen LogP contribution in [0.15, 0.2) is 64.6 Å². The van der Waals surface area contributed by atoms with Gasteiger partial charge in [0, 0.05) is 5.69 Å². The number of carbonyl (C=O) groups is 1. The minimum absolute atomic E-state index is 0.136. The molecule has 0 aliphatic rings. The van der Waals surface area contributed by atoms with Gasteiger partial charge in [-0.2, -0.15) is 5.26 Å². The number of nitrogens with zero attached hydrogens (tertiary/aromatic N) is 1. The number of halogens is 4. The normalized spacial score (nSPS) is 11.0. The van der Waals surface area contributed by atoms with Crippen molar-refractivity contribution in [2.45, 2.75) is 13.5 Å². The number of rotatable bonds is 8. The molecule has 0 spiro atoms. The zero-order valence-electron chi connectivity index (χ0n) is 17.9. The maximum Gasteiger partial charge on any atom is 0.266 e. The highest BCUT2D eigenvalue weighted by Crippen LogP contribution is 2.38. The predicted molar refractivity (Wildman–Crippen MR) is 135 cm³/mol. The van der Waals surface area contributed by atoms with Crippen LogP contribution < -0.4 is 14.8 Å². The molecule has 0 aromatic heterocycles. The Hall–Kier alpha value is -3.05. The molecule has 1 amide bonds. The number of hydrogen-bond acceptors (Lipinski definition) is 4. The largest absolute Gasteiger partial charge is 0.490 e. The van der Waals surface area contributed by atoms with Crippen LogP contribution in [0.1, 0.15) is 18.1 Å². The van der Waals surface area contributed by atoms with E-state index in [1.54, 1.807) is 30.3 Å². The fourth-order valence-electron chi connectivity index (χ4n) is 2.91. The van der Waals surface area contributed by atoms with E-state index < -0.39 is 11.7 Å². The minimum Gasteiger partial charge on any atom is -0.490 e. The highest BCUT2D eigenvalue weighted by atomic mass is 79.9. The summed E-state index contributed by atoms with van der Waals surface area (Å²) in [6.07, 6.45) is 1.43. The third-order valence-electron chi connectivity index (χ3n) is 4.48. The fourth-order valence-corrected chi connectivity index (χ4v) is 3.80.